The molecule has 2 heterocycles. The van der Waals surface area contributed by atoms with E-state index < -0.39 is 5.91 Å². The summed E-state index contributed by atoms with van der Waals surface area (Å²) in [6, 6.07) is 3.35. The van der Waals surface area contributed by atoms with Gasteiger partial charge in [0.05, 0.1) is 0 Å². The zero-order valence-corrected chi connectivity index (χ0v) is 9.88. The quantitative estimate of drug-likeness (QED) is 0.797. The second-order valence-electron chi connectivity index (χ2n) is 3.71. The van der Waals surface area contributed by atoms with Crippen LogP contribution in [0.15, 0.2) is 22.9 Å². The second-order valence-corrected chi connectivity index (χ2v) is 3.71. The van der Waals surface area contributed by atoms with E-state index in [0.717, 1.165) is 5.69 Å². The lowest BCUT2D eigenvalue weighted by atomic mass is 10.3. The lowest BCUT2D eigenvalue weighted by Gasteiger charge is -2.04. The van der Waals surface area contributed by atoms with E-state index >= 15 is 0 Å². The van der Waals surface area contributed by atoms with Gasteiger partial charge in [0.25, 0.3) is 5.91 Å². The SMILES string of the molecule is Cc1noc(CCNc2ccnc(C(N)=O)c2)n1. The second kappa shape index (κ2) is 5.26. The lowest BCUT2D eigenvalue weighted by Crippen LogP contribution is -2.13. The molecule has 0 spiro atoms. The Hall–Kier alpha value is -2.44. The summed E-state index contributed by atoms with van der Waals surface area (Å²) in [6.07, 6.45) is 2.13. The van der Waals surface area contributed by atoms with E-state index in [2.05, 4.69) is 20.4 Å². The smallest absolute Gasteiger partial charge is 0.267 e. The van der Waals surface area contributed by atoms with Gasteiger partial charge in [0, 0.05) is 24.8 Å². The van der Waals surface area contributed by atoms with Crippen LogP contribution in [-0.2, 0) is 6.42 Å². The van der Waals surface area contributed by atoms with Gasteiger partial charge in [-0.3, -0.25) is 9.78 Å². The molecule has 2 rings (SSSR count). The third-order valence-corrected chi connectivity index (χ3v) is 2.25. The molecule has 0 aliphatic heterocycles. The summed E-state index contributed by atoms with van der Waals surface area (Å²) in [5.41, 5.74) is 6.15. The Kier molecular flexibility index (Phi) is 3.52. The Morgan fingerprint density at radius 1 is 1.56 bits per heavy atom. The van der Waals surface area contributed by atoms with Gasteiger partial charge in [0.1, 0.15) is 5.69 Å². The Balaban J connectivity index is 1.90. The zero-order valence-electron chi connectivity index (χ0n) is 9.88. The van der Waals surface area contributed by atoms with E-state index in [0.29, 0.717) is 24.7 Å². The van der Waals surface area contributed by atoms with Crippen molar-refractivity contribution in [3.8, 4) is 0 Å². The highest BCUT2D eigenvalue weighted by Crippen LogP contribution is 2.07. The van der Waals surface area contributed by atoms with Crippen LogP contribution in [0.5, 0.6) is 0 Å². The van der Waals surface area contributed by atoms with E-state index in [1.807, 2.05) is 0 Å². The Labute approximate surface area is 103 Å². The maximum absolute atomic E-state index is 10.9. The molecule has 0 saturated heterocycles. The summed E-state index contributed by atoms with van der Waals surface area (Å²) in [6.45, 7) is 2.38. The monoisotopic (exact) mass is 247 g/mol. The first-order valence-corrected chi connectivity index (χ1v) is 5.44. The zero-order chi connectivity index (χ0) is 13.0. The van der Waals surface area contributed by atoms with Gasteiger partial charge in [-0.05, 0) is 19.1 Å². The van der Waals surface area contributed by atoms with Crippen molar-refractivity contribution in [2.45, 2.75) is 13.3 Å². The number of carbonyl (C=O) groups is 1. The van der Waals surface area contributed by atoms with Crippen LogP contribution in [0.25, 0.3) is 0 Å². The first-order valence-electron chi connectivity index (χ1n) is 5.44. The molecule has 2 aromatic rings. The minimum atomic E-state index is -0.550. The Morgan fingerprint density at radius 3 is 3.06 bits per heavy atom. The van der Waals surface area contributed by atoms with Crippen LogP contribution in [0.4, 0.5) is 5.69 Å². The summed E-state index contributed by atoms with van der Waals surface area (Å²) >= 11 is 0. The summed E-state index contributed by atoms with van der Waals surface area (Å²) in [5, 5.41) is 6.82. The molecule has 0 aliphatic rings. The first kappa shape index (κ1) is 12.0. The van der Waals surface area contributed by atoms with E-state index in [9.17, 15) is 4.79 Å². The van der Waals surface area contributed by atoms with Gasteiger partial charge < -0.3 is 15.6 Å². The fourth-order valence-electron chi connectivity index (χ4n) is 1.43. The van der Waals surface area contributed by atoms with Crippen molar-refractivity contribution in [2.24, 2.45) is 5.73 Å². The molecule has 1 amide bonds. The molecule has 0 atom stereocenters. The van der Waals surface area contributed by atoms with Gasteiger partial charge in [0.2, 0.25) is 5.89 Å². The molecule has 3 N–H and O–H groups in total. The molecule has 94 valence electrons. The highest BCUT2D eigenvalue weighted by Gasteiger charge is 2.04. The Morgan fingerprint density at radius 2 is 2.39 bits per heavy atom. The molecule has 0 aromatic carbocycles. The van der Waals surface area contributed by atoms with Crippen molar-refractivity contribution in [1.82, 2.24) is 15.1 Å². The average Bonchev–Trinajstić information content (AvgIpc) is 2.75. The van der Waals surface area contributed by atoms with Crippen molar-refractivity contribution in [2.75, 3.05) is 11.9 Å². The summed E-state index contributed by atoms with van der Waals surface area (Å²) in [5.74, 6) is 0.639. The third-order valence-electron chi connectivity index (χ3n) is 2.25. The van der Waals surface area contributed by atoms with Crippen LogP contribution in [0, 0.1) is 6.92 Å². The fraction of sp³-hybridized carbons (Fsp3) is 0.273. The highest BCUT2D eigenvalue weighted by molar-refractivity contribution is 5.91. The minimum absolute atomic E-state index is 0.230. The average molecular weight is 247 g/mol. The van der Waals surface area contributed by atoms with Crippen molar-refractivity contribution in [3.63, 3.8) is 0 Å². The molecule has 2 aromatic heterocycles. The van der Waals surface area contributed by atoms with Gasteiger partial charge in [-0.25, -0.2) is 0 Å². The number of anilines is 1. The predicted molar refractivity (Wildman–Crippen MR) is 64.0 cm³/mol. The standard InChI is InChI=1S/C11H13N5O2/c1-7-15-10(18-16-7)3-5-13-8-2-4-14-9(6-8)11(12)17/h2,4,6H,3,5H2,1H3,(H2,12,17)(H,13,14). The number of nitrogens with one attached hydrogen (secondary N) is 1. The van der Waals surface area contributed by atoms with Crippen LogP contribution in [0.1, 0.15) is 22.2 Å². The first-order chi connectivity index (χ1) is 8.65. The minimum Gasteiger partial charge on any atom is -0.384 e. The lowest BCUT2D eigenvalue weighted by molar-refractivity contribution is 0.0995. The van der Waals surface area contributed by atoms with Crippen LogP contribution < -0.4 is 11.1 Å². The number of primary amides is 1. The van der Waals surface area contributed by atoms with Crippen molar-refractivity contribution < 1.29 is 9.32 Å². The molecule has 7 heteroatoms. The molecular formula is C11H13N5O2. The number of hydrogen-bond acceptors (Lipinski definition) is 6. The van der Waals surface area contributed by atoms with E-state index in [1.165, 1.54) is 6.20 Å². The molecule has 0 unspecified atom stereocenters. The molecule has 0 aliphatic carbocycles. The molecule has 0 bridgehead atoms. The summed E-state index contributed by atoms with van der Waals surface area (Å²) in [4.78, 5) is 18.9. The molecule has 18 heavy (non-hydrogen) atoms. The number of aromatic nitrogens is 3. The van der Waals surface area contributed by atoms with Gasteiger partial charge in [0.15, 0.2) is 5.82 Å². The fourth-order valence-corrected chi connectivity index (χ4v) is 1.43. The number of carbonyl (C=O) groups excluding carboxylic acids is 1. The van der Waals surface area contributed by atoms with Gasteiger partial charge >= 0.3 is 0 Å². The van der Waals surface area contributed by atoms with Crippen LogP contribution in [0.3, 0.4) is 0 Å². The van der Waals surface area contributed by atoms with E-state index in [4.69, 9.17) is 10.3 Å². The topological polar surface area (TPSA) is 107 Å². The molecule has 0 saturated carbocycles. The molecule has 7 nitrogen and oxygen atoms in total. The van der Waals surface area contributed by atoms with Gasteiger partial charge in [-0.15, -0.1) is 0 Å². The number of aryl methyl sites for hydroxylation is 1. The van der Waals surface area contributed by atoms with Gasteiger partial charge in [-0.1, -0.05) is 5.16 Å². The number of pyridine rings is 1. The Bertz CT molecular complexity index is 552. The number of nitrogens with two attached hydrogens (primary N) is 1. The van der Waals surface area contributed by atoms with Crippen LogP contribution in [0.2, 0.25) is 0 Å². The number of amides is 1. The van der Waals surface area contributed by atoms with Crippen LogP contribution >= 0.6 is 0 Å². The number of nitrogens with zero attached hydrogens (tertiary/aromatic N) is 3. The highest BCUT2D eigenvalue weighted by atomic mass is 16.5. The van der Waals surface area contributed by atoms with E-state index in [1.54, 1.807) is 19.1 Å². The predicted octanol–water partition coefficient (Wildman–Crippen LogP) is 0.527. The summed E-state index contributed by atoms with van der Waals surface area (Å²) in [7, 11) is 0. The maximum Gasteiger partial charge on any atom is 0.267 e. The largest absolute Gasteiger partial charge is 0.384 e. The normalized spacial score (nSPS) is 10.3. The van der Waals surface area contributed by atoms with Crippen molar-refractivity contribution >= 4 is 11.6 Å². The van der Waals surface area contributed by atoms with Crippen molar-refractivity contribution in [3.05, 3.63) is 35.7 Å². The number of rotatable bonds is 5. The van der Waals surface area contributed by atoms with Crippen molar-refractivity contribution in [1.29, 1.82) is 0 Å². The van der Waals surface area contributed by atoms with Gasteiger partial charge in [-0.2, -0.15) is 4.98 Å². The maximum atomic E-state index is 10.9. The van der Waals surface area contributed by atoms with E-state index in [-0.39, 0.29) is 5.69 Å². The number of hydrogen-bond donors (Lipinski definition) is 2. The summed E-state index contributed by atoms with van der Waals surface area (Å²) < 4.78 is 4.98. The molecule has 0 radical (unpaired) electrons. The van der Waals surface area contributed by atoms with Crippen LogP contribution in [-0.4, -0.2) is 27.6 Å². The molecular weight excluding hydrogens is 234 g/mol. The molecule has 0 fully saturated rings. The third kappa shape index (κ3) is 3.03.